The van der Waals surface area contributed by atoms with Gasteiger partial charge in [0.15, 0.2) is 16.6 Å². The minimum Gasteiger partial charge on any atom is -0.418 e. The van der Waals surface area contributed by atoms with Crippen molar-refractivity contribution in [2.75, 3.05) is 10.6 Å². The first-order chi connectivity index (χ1) is 33.8. The Hall–Kier alpha value is -6.73. The Morgan fingerprint density at radius 2 is 1.12 bits per heavy atom. The van der Waals surface area contributed by atoms with E-state index in [1.54, 1.807) is 50.2 Å². The average molecular weight is 1070 g/mol. The van der Waals surface area contributed by atoms with Gasteiger partial charge in [0.25, 0.3) is 23.2 Å². The standard InChI is InChI=1S/C25H32ClN5O5Si.C25H30ClN5O4Si/c1-15-19(13-14-20(27-6)21(15)26)28-22(16(2)36-37(7,8)25(3,4)5)24(33)30-29-23(32)17-9-11-18(12-10-17)31(34)35;1-15-19(13-14-20(27-6)21(15)26)28-22(16(2)35-36(7,8)25(3,4)5)24-30-29-23(34-24)17-9-11-18(12-10-17)31(32)33/h9-14,16,22,28H,1-5,7-8H3,(H,29,32)(H,30,33);9-14,16,22,28H,1-5,7-8H3/t2*16-,22+/m00/s1. The number of nitrogens with one attached hydrogen (secondary N) is 4. The number of non-ortho nitro benzene ring substituents is 2. The second-order valence-corrected chi connectivity index (χ2v) is 30.5. The predicted molar refractivity (Wildman–Crippen MR) is 289 cm³/mol. The molecular weight excluding hydrogens is 1010 g/mol. The SMILES string of the molecule is [C-]#[N+]c1ccc(N[C@@H](C(=O)NNC(=O)c2ccc([N+](=O)[O-])cc2)[C@H](C)O[Si](C)(C)C(C)(C)C)c(C)c1Cl.[C-]#[N+]c1ccc(N[C@@H](c2nnc(-c3ccc([N+](=O)[O-])cc3)o2)[C@H](C)O[Si](C)(C)C(C)(C)C)c(C)c1Cl. The van der Waals surface area contributed by atoms with E-state index in [-0.39, 0.29) is 44.0 Å². The zero-order chi connectivity index (χ0) is 55.0. The van der Waals surface area contributed by atoms with Gasteiger partial charge in [-0.3, -0.25) is 40.7 Å². The topological polar surface area (TPSA) is 235 Å². The Labute approximate surface area is 437 Å². The van der Waals surface area contributed by atoms with Gasteiger partial charge in [0.1, 0.15) is 12.1 Å². The van der Waals surface area contributed by atoms with Gasteiger partial charge in [-0.05, 0) is 111 Å². The number of aromatic nitrogens is 2. The molecule has 0 aliphatic carbocycles. The molecule has 23 heteroatoms. The minimum absolute atomic E-state index is 0.0128. The van der Waals surface area contributed by atoms with Gasteiger partial charge in [-0.25, -0.2) is 9.69 Å². The molecule has 0 saturated heterocycles. The smallest absolute Gasteiger partial charge is 0.269 e. The number of nitro groups is 2. The van der Waals surface area contributed by atoms with Crippen LogP contribution in [0.2, 0.25) is 46.3 Å². The summed E-state index contributed by atoms with van der Waals surface area (Å²) in [4.78, 5) is 53.5. The van der Waals surface area contributed by atoms with Crippen molar-refractivity contribution in [3.8, 4) is 11.5 Å². The van der Waals surface area contributed by atoms with E-state index in [0.29, 0.717) is 39.1 Å². The molecule has 1 aromatic heterocycles. The van der Waals surface area contributed by atoms with Crippen LogP contribution in [0, 0.1) is 47.2 Å². The summed E-state index contributed by atoms with van der Waals surface area (Å²) in [6, 6.07) is 16.2. The maximum absolute atomic E-state index is 13.3. The summed E-state index contributed by atoms with van der Waals surface area (Å²) >= 11 is 12.7. The van der Waals surface area contributed by atoms with Crippen LogP contribution in [0.4, 0.5) is 34.1 Å². The van der Waals surface area contributed by atoms with Crippen LogP contribution >= 0.6 is 23.2 Å². The van der Waals surface area contributed by atoms with E-state index >= 15 is 0 Å². The van der Waals surface area contributed by atoms with Gasteiger partial charge < -0.3 is 23.9 Å². The zero-order valence-corrected chi connectivity index (χ0v) is 46.9. The molecule has 5 aromatic rings. The van der Waals surface area contributed by atoms with E-state index in [1.807, 2.05) is 13.8 Å². The first-order valence-corrected chi connectivity index (χ1v) is 29.6. The van der Waals surface area contributed by atoms with Crippen molar-refractivity contribution in [3.63, 3.8) is 0 Å². The van der Waals surface area contributed by atoms with Gasteiger partial charge in [-0.2, -0.15) is 0 Å². The molecule has 0 bridgehead atoms. The highest BCUT2D eigenvalue weighted by Crippen LogP contribution is 2.42. The van der Waals surface area contributed by atoms with E-state index in [2.05, 4.69) is 109 Å². The number of hydrogen-bond donors (Lipinski definition) is 4. The molecule has 0 aliphatic heterocycles. The molecule has 1 heterocycles. The lowest BCUT2D eigenvalue weighted by molar-refractivity contribution is -0.385. The van der Waals surface area contributed by atoms with Crippen molar-refractivity contribution in [2.24, 2.45) is 0 Å². The fourth-order valence-electron chi connectivity index (χ4n) is 6.56. The van der Waals surface area contributed by atoms with Crippen molar-refractivity contribution in [1.29, 1.82) is 0 Å². The minimum atomic E-state index is -2.27. The highest BCUT2D eigenvalue weighted by Gasteiger charge is 2.42. The molecule has 5 rings (SSSR count). The fourth-order valence-corrected chi connectivity index (χ4v) is 9.81. The molecule has 73 heavy (non-hydrogen) atoms. The number of amides is 2. The van der Waals surface area contributed by atoms with Gasteiger partial charge in [-0.1, -0.05) is 76.9 Å². The summed E-state index contributed by atoms with van der Waals surface area (Å²) < 4.78 is 19.2. The van der Waals surface area contributed by atoms with Gasteiger partial charge in [0.2, 0.25) is 23.2 Å². The third-order valence-electron chi connectivity index (χ3n) is 13.1. The zero-order valence-electron chi connectivity index (χ0n) is 43.4. The van der Waals surface area contributed by atoms with Crippen LogP contribution in [0.15, 0.2) is 77.2 Å². The molecule has 0 fully saturated rings. The number of carbonyl (C=O) groups is 2. The maximum Gasteiger partial charge on any atom is 0.269 e. The van der Waals surface area contributed by atoms with Gasteiger partial charge in [0, 0.05) is 46.8 Å². The number of anilines is 2. The number of benzene rings is 4. The van der Waals surface area contributed by atoms with Crippen molar-refractivity contribution in [2.45, 2.75) is 130 Å². The van der Waals surface area contributed by atoms with E-state index in [0.717, 1.165) is 11.3 Å². The normalized spacial score (nSPS) is 13.4. The third-order valence-corrected chi connectivity index (χ3v) is 23.2. The summed E-state index contributed by atoms with van der Waals surface area (Å²) in [7, 11) is -4.43. The van der Waals surface area contributed by atoms with Crippen LogP contribution in [0.1, 0.15) is 88.8 Å². The second kappa shape index (κ2) is 23.9. The largest absolute Gasteiger partial charge is 0.418 e. The Morgan fingerprint density at radius 1 is 0.685 bits per heavy atom. The molecule has 0 saturated carbocycles. The summed E-state index contributed by atoms with van der Waals surface area (Å²) in [6.45, 7) is 43.1. The third kappa shape index (κ3) is 14.7. The molecule has 4 atom stereocenters. The summed E-state index contributed by atoms with van der Waals surface area (Å²) in [5, 5.41) is 37.4. The number of hydrogen-bond acceptors (Lipinski definition) is 13. The Balaban J connectivity index is 0.000000317. The predicted octanol–water partition coefficient (Wildman–Crippen LogP) is 13.5. The van der Waals surface area contributed by atoms with Crippen molar-refractivity contribution < 1.29 is 32.7 Å². The fraction of sp³-hybridized carbons (Fsp3) is 0.400. The van der Waals surface area contributed by atoms with Crippen molar-refractivity contribution in [3.05, 3.63) is 148 Å². The Morgan fingerprint density at radius 3 is 1.56 bits per heavy atom. The summed E-state index contributed by atoms with van der Waals surface area (Å²) in [5.74, 6) is -0.657. The first kappa shape index (κ1) is 58.8. The molecular formula is C50H62Cl2N10O9Si2. The number of carbonyl (C=O) groups excluding carboxylic acids is 2. The lowest BCUT2D eigenvalue weighted by atomic mass is 10.1. The average Bonchev–Trinajstić information content (AvgIpc) is 3.81. The quantitative estimate of drug-likeness (QED) is 0.0312. The van der Waals surface area contributed by atoms with Crippen LogP contribution in [-0.2, 0) is 13.6 Å². The molecule has 4 aromatic carbocycles. The lowest BCUT2D eigenvalue weighted by Crippen LogP contribution is -2.55. The molecule has 0 unspecified atom stereocenters. The number of rotatable bonds is 16. The number of halogens is 2. The molecule has 2 amide bonds. The second-order valence-electron chi connectivity index (χ2n) is 20.3. The molecule has 0 radical (unpaired) electrons. The molecule has 0 aliphatic rings. The van der Waals surface area contributed by atoms with Gasteiger partial charge in [-0.15, -0.1) is 10.2 Å². The molecule has 4 N–H and O–H groups in total. The van der Waals surface area contributed by atoms with E-state index in [1.165, 1.54) is 36.4 Å². The van der Waals surface area contributed by atoms with Crippen LogP contribution in [0.25, 0.3) is 21.1 Å². The van der Waals surface area contributed by atoms with E-state index in [9.17, 15) is 29.8 Å². The molecule has 19 nitrogen and oxygen atoms in total. The Kier molecular flexibility index (Phi) is 19.2. The van der Waals surface area contributed by atoms with Crippen LogP contribution < -0.4 is 21.5 Å². The molecule has 388 valence electrons. The van der Waals surface area contributed by atoms with Crippen LogP contribution in [-0.4, -0.2) is 66.7 Å². The van der Waals surface area contributed by atoms with Gasteiger partial charge >= 0.3 is 0 Å². The number of nitrogens with zero attached hydrogens (tertiary/aromatic N) is 6. The lowest BCUT2D eigenvalue weighted by Gasteiger charge is -2.40. The van der Waals surface area contributed by atoms with Crippen LogP contribution in [0.5, 0.6) is 0 Å². The van der Waals surface area contributed by atoms with Gasteiger partial charge in [0.05, 0.1) is 45.2 Å². The summed E-state index contributed by atoms with van der Waals surface area (Å²) in [6.07, 6.45) is -0.953. The monoisotopic (exact) mass is 1070 g/mol. The molecule has 0 spiro atoms. The van der Waals surface area contributed by atoms with Crippen molar-refractivity contribution in [1.82, 2.24) is 21.0 Å². The summed E-state index contributed by atoms with van der Waals surface area (Å²) in [5.41, 5.74) is 8.56. The Bertz CT molecular complexity index is 2910. The highest BCUT2D eigenvalue weighted by molar-refractivity contribution is 6.74. The highest BCUT2D eigenvalue weighted by atomic mass is 35.5. The van der Waals surface area contributed by atoms with Crippen LogP contribution in [0.3, 0.4) is 0 Å². The van der Waals surface area contributed by atoms with E-state index in [4.69, 9.17) is 49.6 Å². The van der Waals surface area contributed by atoms with E-state index < -0.39 is 56.5 Å². The first-order valence-electron chi connectivity index (χ1n) is 23.0. The number of hydrazine groups is 1. The maximum atomic E-state index is 13.3. The number of nitro benzene ring substituents is 2. The van der Waals surface area contributed by atoms with Crippen molar-refractivity contribution >= 4 is 85.8 Å².